The van der Waals surface area contributed by atoms with Gasteiger partial charge < -0.3 is 10.1 Å². The van der Waals surface area contributed by atoms with Gasteiger partial charge in [0.25, 0.3) is 5.91 Å². The number of ether oxygens (including phenoxy) is 1. The van der Waals surface area contributed by atoms with Gasteiger partial charge in [0.05, 0.1) is 5.69 Å². The van der Waals surface area contributed by atoms with Crippen molar-refractivity contribution in [3.8, 4) is 0 Å². The fourth-order valence-corrected chi connectivity index (χ4v) is 3.72. The highest BCUT2D eigenvalue weighted by Gasteiger charge is 2.29. The van der Waals surface area contributed by atoms with Crippen molar-refractivity contribution in [3.05, 3.63) is 30.3 Å². The zero-order valence-corrected chi connectivity index (χ0v) is 16.4. The van der Waals surface area contributed by atoms with Crippen LogP contribution in [0, 0.1) is 11.8 Å². The van der Waals surface area contributed by atoms with Gasteiger partial charge in [-0.05, 0) is 30.4 Å². The van der Waals surface area contributed by atoms with Gasteiger partial charge in [0.2, 0.25) is 5.91 Å². The average molecular weight is 385 g/mol. The number of carbonyl (C=O) groups is 3. The van der Waals surface area contributed by atoms with Gasteiger partial charge in [-0.2, -0.15) is 5.10 Å². The van der Waals surface area contributed by atoms with Crippen LogP contribution in [0.5, 0.6) is 0 Å². The number of hydrazone groups is 1. The molecule has 1 aliphatic heterocycles. The van der Waals surface area contributed by atoms with E-state index in [1.807, 2.05) is 6.07 Å². The van der Waals surface area contributed by atoms with E-state index in [9.17, 15) is 14.4 Å². The topological polar surface area (TPSA) is 88.1 Å². The molecular weight excluding hydrogens is 358 g/mol. The summed E-state index contributed by atoms with van der Waals surface area (Å²) in [6, 6.07) is 9.03. The van der Waals surface area contributed by atoms with Crippen LogP contribution in [-0.4, -0.2) is 36.1 Å². The van der Waals surface area contributed by atoms with Crippen LogP contribution in [0.2, 0.25) is 0 Å². The first-order valence-electron chi connectivity index (χ1n) is 9.87. The molecule has 1 aliphatic carbocycles. The number of hydrogen-bond acceptors (Lipinski definition) is 5. The molecule has 1 aromatic carbocycles. The van der Waals surface area contributed by atoms with E-state index in [1.54, 1.807) is 24.3 Å². The SMILES string of the molecule is C[C@@H]1[C@@H](C)CCC[C@H]1NC(=O)COC(=O)C1=NN(c2ccccc2)C(=O)CC1. The highest BCUT2D eigenvalue weighted by molar-refractivity contribution is 6.38. The number of amides is 2. The Labute approximate surface area is 165 Å². The van der Waals surface area contributed by atoms with Crippen molar-refractivity contribution in [3.63, 3.8) is 0 Å². The largest absolute Gasteiger partial charge is 0.451 e. The molecule has 1 aromatic rings. The second-order valence-electron chi connectivity index (χ2n) is 7.61. The molecule has 0 spiro atoms. The second-order valence-corrected chi connectivity index (χ2v) is 7.61. The van der Waals surface area contributed by atoms with Crippen LogP contribution < -0.4 is 10.3 Å². The zero-order valence-electron chi connectivity index (χ0n) is 16.4. The van der Waals surface area contributed by atoms with Crippen molar-refractivity contribution in [2.24, 2.45) is 16.9 Å². The molecule has 7 nitrogen and oxygen atoms in total. The van der Waals surface area contributed by atoms with E-state index < -0.39 is 5.97 Å². The van der Waals surface area contributed by atoms with Crippen molar-refractivity contribution in [2.75, 3.05) is 11.6 Å². The molecule has 3 atom stereocenters. The fraction of sp³-hybridized carbons (Fsp3) is 0.524. The summed E-state index contributed by atoms with van der Waals surface area (Å²) in [5, 5.41) is 8.33. The number of nitrogens with one attached hydrogen (secondary N) is 1. The van der Waals surface area contributed by atoms with Crippen molar-refractivity contribution in [1.29, 1.82) is 0 Å². The van der Waals surface area contributed by atoms with Crippen LogP contribution in [0.4, 0.5) is 5.69 Å². The summed E-state index contributed by atoms with van der Waals surface area (Å²) in [5.41, 5.74) is 0.742. The monoisotopic (exact) mass is 385 g/mol. The molecular formula is C21H27N3O4. The third-order valence-corrected chi connectivity index (χ3v) is 5.66. The van der Waals surface area contributed by atoms with E-state index in [4.69, 9.17) is 4.74 Å². The molecule has 3 rings (SSSR count). The average Bonchev–Trinajstić information content (AvgIpc) is 2.70. The minimum Gasteiger partial charge on any atom is -0.451 e. The lowest BCUT2D eigenvalue weighted by Crippen LogP contribution is -2.45. The van der Waals surface area contributed by atoms with Gasteiger partial charge in [0, 0.05) is 18.9 Å². The van der Waals surface area contributed by atoms with Crippen LogP contribution in [0.25, 0.3) is 0 Å². The predicted molar refractivity (Wildman–Crippen MR) is 106 cm³/mol. The van der Waals surface area contributed by atoms with Crippen molar-refractivity contribution in [1.82, 2.24) is 5.32 Å². The maximum atomic E-state index is 12.3. The van der Waals surface area contributed by atoms with Crippen LogP contribution >= 0.6 is 0 Å². The van der Waals surface area contributed by atoms with E-state index >= 15 is 0 Å². The van der Waals surface area contributed by atoms with Gasteiger partial charge in [-0.25, -0.2) is 9.80 Å². The molecule has 1 N–H and O–H groups in total. The molecule has 1 saturated carbocycles. The van der Waals surface area contributed by atoms with Gasteiger partial charge in [-0.1, -0.05) is 44.9 Å². The van der Waals surface area contributed by atoms with Gasteiger partial charge in [0.1, 0.15) is 5.71 Å². The summed E-state index contributed by atoms with van der Waals surface area (Å²) in [4.78, 5) is 36.6. The summed E-state index contributed by atoms with van der Waals surface area (Å²) >= 11 is 0. The Morgan fingerprint density at radius 1 is 1.18 bits per heavy atom. The Kier molecular flexibility index (Phi) is 6.44. The van der Waals surface area contributed by atoms with Crippen LogP contribution in [0.1, 0.15) is 46.0 Å². The molecule has 2 amide bonds. The predicted octanol–water partition coefficient (Wildman–Crippen LogP) is 2.65. The second kappa shape index (κ2) is 8.99. The first-order chi connectivity index (χ1) is 13.5. The summed E-state index contributed by atoms with van der Waals surface area (Å²) < 4.78 is 5.15. The van der Waals surface area contributed by atoms with Gasteiger partial charge in [-0.3, -0.25) is 9.59 Å². The first-order valence-corrected chi connectivity index (χ1v) is 9.87. The van der Waals surface area contributed by atoms with Crippen LogP contribution in [0.3, 0.4) is 0 Å². The minimum atomic E-state index is -0.659. The zero-order chi connectivity index (χ0) is 20.1. The highest BCUT2D eigenvalue weighted by Crippen LogP contribution is 2.29. The lowest BCUT2D eigenvalue weighted by molar-refractivity contribution is -0.142. The van der Waals surface area contributed by atoms with Crippen molar-refractivity contribution >= 4 is 29.2 Å². The van der Waals surface area contributed by atoms with Crippen molar-refractivity contribution in [2.45, 2.75) is 52.0 Å². The number of esters is 1. The molecule has 150 valence electrons. The lowest BCUT2D eigenvalue weighted by Gasteiger charge is -2.34. The number of nitrogens with zero attached hydrogens (tertiary/aromatic N) is 2. The number of para-hydroxylation sites is 1. The van der Waals surface area contributed by atoms with Gasteiger partial charge in [0.15, 0.2) is 6.61 Å². The Bertz CT molecular complexity index is 762. The molecule has 0 saturated heterocycles. The lowest BCUT2D eigenvalue weighted by atomic mass is 9.78. The Morgan fingerprint density at radius 3 is 2.68 bits per heavy atom. The maximum absolute atomic E-state index is 12.3. The maximum Gasteiger partial charge on any atom is 0.355 e. The van der Waals surface area contributed by atoms with E-state index in [0.717, 1.165) is 12.8 Å². The van der Waals surface area contributed by atoms with Crippen LogP contribution in [0.15, 0.2) is 35.4 Å². The molecule has 1 heterocycles. The Morgan fingerprint density at radius 2 is 1.93 bits per heavy atom. The molecule has 28 heavy (non-hydrogen) atoms. The Balaban J connectivity index is 1.55. The fourth-order valence-electron chi connectivity index (χ4n) is 3.72. The molecule has 7 heteroatoms. The quantitative estimate of drug-likeness (QED) is 0.789. The summed E-state index contributed by atoms with van der Waals surface area (Å²) in [6.07, 6.45) is 3.60. The summed E-state index contributed by atoms with van der Waals surface area (Å²) in [6.45, 7) is 4.01. The van der Waals surface area contributed by atoms with E-state index in [-0.39, 0.29) is 43.0 Å². The summed E-state index contributed by atoms with van der Waals surface area (Å²) in [5.74, 6) is -0.164. The number of benzene rings is 1. The van der Waals surface area contributed by atoms with E-state index in [1.165, 1.54) is 11.4 Å². The van der Waals surface area contributed by atoms with E-state index in [0.29, 0.717) is 17.5 Å². The molecule has 0 unspecified atom stereocenters. The molecule has 0 bridgehead atoms. The van der Waals surface area contributed by atoms with Crippen LogP contribution in [-0.2, 0) is 19.1 Å². The number of carbonyl (C=O) groups excluding carboxylic acids is 3. The number of rotatable bonds is 5. The molecule has 0 radical (unpaired) electrons. The molecule has 0 aromatic heterocycles. The third-order valence-electron chi connectivity index (χ3n) is 5.66. The third kappa shape index (κ3) is 4.77. The Hall–Kier alpha value is -2.70. The summed E-state index contributed by atoms with van der Waals surface area (Å²) in [7, 11) is 0. The van der Waals surface area contributed by atoms with Crippen molar-refractivity contribution < 1.29 is 19.1 Å². The standard InChI is InChI=1S/C21H27N3O4/c1-14-7-6-10-17(15(14)2)22-19(25)13-28-21(27)18-11-12-20(26)24(23-18)16-8-4-3-5-9-16/h3-5,8-9,14-15,17H,6-7,10-13H2,1-2H3,(H,22,25)/t14-,15+,17+/m0/s1. The highest BCUT2D eigenvalue weighted by atomic mass is 16.5. The number of anilines is 1. The normalized spacial score (nSPS) is 25.1. The minimum absolute atomic E-state index is 0.119. The van der Waals surface area contributed by atoms with Gasteiger partial charge >= 0.3 is 5.97 Å². The van der Waals surface area contributed by atoms with E-state index in [2.05, 4.69) is 24.3 Å². The van der Waals surface area contributed by atoms with Gasteiger partial charge in [-0.15, -0.1) is 0 Å². The number of hydrogen-bond donors (Lipinski definition) is 1. The molecule has 2 aliphatic rings. The smallest absolute Gasteiger partial charge is 0.355 e. The molecule has 1 fully saturated rings. The first kappa shape index (κ1) is 20.0.